The molecule has 23 heavy (non-hydrogen) atoms. The molecule has 0 amide bonds. The molecule has 2 N–H and O–H groups in total. The van der Waals surface area contributed by atoms with Crippen LogP contribution in [0.15, 0.2) is 0 Å². The third kappa shape index (κ3) is 13.8. The van der Waals surface area contributed by atoms with E-state index in [0.717, 1.165) is 32.1 Å². The predicted octanol–water partition coefficient (Wildman–Crippen LogP) is 2.91. The number of unbranched alkanes of at least 4 members (excludes halogenated alkanes) is 5. The van der Waals surface area contributed by atoms with Crippen molar-refractivity contribution in [3.63, 3.8) is 0 Å². The van der Waals surface area contributed by atoms with Crippen LogP contribution in [-0.2, 0) is 29.2 Å². The van der Waals surface area contributed by atoms with Gasteiger partial charge in [0.15, 0.2) is 0 Å². The minimum Gasteiger partial charge on any atom is -0.264 e. The maximum Gasteiger partial charge on any atom is 0.397 e. The lowest BCUT2D eigenvalue weighted by Gasteiger charge is -2.24. The van der Waals surface area contributed by atoms with E-state index in [-0.39, 0.29) is 12.8 Å². The Hall–Kier alpha value is -0.260. The summed E-state index contributed by atoms with van der Waals surface area (Å²) in [7, 11) is -9.50. The fraction of sp³-hybridized carbons (Fsp3) is 1.00. The van der Waals surface area contributed by atoms with Crippen LogP contribution in [0.25, 0.3) is 0 Å². The Bertz CT molecular complexity index is 500. The lowest BCUT2D eigenvalue weighted by atomic mass is 10.0. The van der Waals surface area contributed by atoms with Gasteiger partial charge in [-0.05, 0) is 12.8 Å². The Morgan fingerprint density at radius 2 is 1.09 bits per heavy atom. The monoisotopic (exact) mass is 376 g/mol. The molecular formula is C13H28O8S2. The summed E-state index contributed by atoms with van der Waals surface area (Å²) in [5, 5.41) is 0. The van der Waals surface area contributed by atoms with Gasteiger partial charge in [0.2, 0.25) is 0 Å². The van der Waals surface area contributed by atoms with Crippen molar-refractivity contribution in [1.82, 2.24) is 0 Å². The smallest absolute Gasteiger partial charge is 0.264 e. The first-order valence-electron chi connectivity index (χ1n) is 7.90. The van der Waals surface area contributed by atoms with Crippen molar-refractivity contribution in [3.8, 4) is 0 Å². The molecule has 0 spiro atoms. The molecule has 0 aliphatic heterocycles. The fourth-order valence-electron chi connectivity index (χ4n) is 2.26. The summed E-state index contributed by atoms with van der Waals surface area (Å²) in [6.07, 6.45) is 3.82. The predicted molar refractivity (Wildman–Crippen MR) is 85.7 cm³/mol. The van der Waals surface area contributed by atoms with Crippen LogP contribution in [0.5, 0.6) is 0 Å². The molecule has 8 nitrogen and oxygen atoms in total. The standard InChI is InChI=1S/C13H28O8S2/c1-3-5-7-8-9-11-13(21-23(17,18)19)12(10-6-4-2)20-22(14,15)16/h12-13H,3-11H2,1-2H3,(H,14,15,16)(H,17,18,19). The number of hydrogen-bond donors (Lipinski definition) is 2. The Labute approximate surface area is 139 Å². The van der Waals surface area contributed by atoms with E-state index in [4.69, 9.17) is 9.11 Å². The highest BCUT2D eigenvalue weighted by atomic mass is 32.3. The zero-order valence-corrected chi connectivity index (χ0v) is 15.3. The van der Waals surface area contributed by atoms with Crippen molar-refractivity contribution < 1.29 is 34.3 Å². The summed E-state index contributed by atoms with van der Waals surface area (Å²) < 4.78 is 70.8. The quantitative estimate of drug-likeness (QED) is 0.350. The van der Waals surface area contributed by atoms with Crippen molar-refractivity contribution in [2.24, 2.45) is 0 Å². The van der Waals surface area contributed by atoms with Crippen molar-refractivity contribution in [2.45, 2.75) is 83.8 Å². The average molecular weight is 376 g/mol. The molecule has 0 rings (SSSR count). The van der Waals surface area contributed by atoms with E-state index in [2.05, 4.69) is 15.3 Å². The minimum atomic E-state index is -4.75. The molecule has 0 aliphatic rings. The van der Waals surface area contributed by atoms with Crippen LogP contribution >= 0.6 is 0 Å². The van der Waals surface area contributed by atoms with Gasteiger partial charge in [-0.15, -0.1) is 0 Å². The molecule has 0 aromatic rings. The molecule has 0 saturated carbocycles. The zero-order chi connectivity index (χ0) is 17.9. The molecule has 0 aliphatic carbocycles. The first kappa shape index (κ1) is 22.7. The van der Waals surface area contributed by atoms with E-state index in [0.29, 0.717) is 12.8 Å². The van der Waals surface area contributed by atoms with Crippen molar-refractivity contribution in [1.29, 1.82) is 0 Å². The summed E-state index contributed by atoms with van der Waals surface area (Å²) in [6.45, 7) is 3.93. The first-order chi connectivity index (χ1) is 10.6. The maximum atomic E-state index is 11.0. The molecule has 2 atom stereocenters. The Morgan fingerprint density at radius 1 is 0.696 bits per heavy atom. The Morgan fingerprint density at radius 3 is 1.48 bits per heavy atom. The molecule has 0 fully saturated rings. The van der Waals surface area contributed by atoms with Gasteiger partial charge in [-0.1, -0.05) is 58.8 Å². The van der Waals surface area contributed by atoms with Gasteiger partial charge in [-0.2, -0.15) is 16.8 Å². The van der Waals surface area contributed by atoms with Gasteiger partial charge in [0.25, 0.3) is 0 Å². The van der Waals surface area contributed by atoms with Crippen LogP contribution in [0.1, 0.15) is 71.6 Å². The average Bonchev–Trinajstić information content (AvgIpc) is 2.39. The van der Waals surface area contributed by atoms with Crippen molar-refractivity contribution >= 4 is 20.8 Å². The number of rotatable bonds is 14. The molecule has 0 bridgehead atoms. The summed E-state index contributed by atoms with van der Waals surface area (Å²) in [5.74, 6) is 0. The molecule has 0 radical (unpaired) electrons. The van der Waals surface area contributed by atoms with Crippen LogP contribution in [0.3, 0.4) is 0 Å². The summed E-state index contributed by atoms with van der Waals surface area (Å²) in [5.41, 5.74) is 0. The molecule has 0 aromatic carbocycles. The van der Waals surface area contributed by atoms with Crippen molar-refractivity contribution in [3.05, 3.63) is 0 Å². The van der Waals surface area contributed by atoms with Crippen LogP contribution in [0, 0.1) is 0 Å². The lowest BCUT2D eigenvalue weighted by molar-refractivity contribution is 0.0334. The largest absolute Gasteiger partial charge is 0.397 e. The van der Waals surface area contributed by atoms with Crippen LogP contribution in [0.4, 0.5) is 0 Å². The normalized spacial score (nSPS) is 15.5. The molecule has 10 heteroatoms. The minimum absolute atomic E-state index is 0.186. The highest BCUT2D eigenvalue weighted by molar-refractivity contribution is 7.81. The Kier molecular flexibility index (Phi) is 11.2. The van der Waals surface area contributed by atoms with Gasteiger partial charge in [-0.3, -0.25) is 9.11 Å². The van der Waals surface area contributed by atoms with E-state index in [1.807, 2.05) is 6.92 Å². The first-order valence-corrected chi connectivity index (χ1v) is 10.6. The molecule has 0 heterocycles. The summed E-state index contributed by atoms with van der Waals surface area (Å²) in [4.78, 5) is 0. The SMILES string of the molecule is CCCCCCCC(OS(=O)(=O)O)C(CCCC)OS(=O)(=O)O. The third-order valence-corrected chi connectivity index (χ3v) is 4.32. The molecule has 140 valence electrons. The van der Waals surface area contributed by atoms with Gasteiger partial charge >= 0.3 is 20.8 Å². The van der Waals surface area contributed by atoms with Crippen LogP contribution in [0.2, 0.25) is 0 Å². The lowest BCUT2D eigenvalue weighted by Crippen LogP contribution is -2.35. The molecule has 0 aromatic heterocycles. The van der Waals surface area contributed by atoms with Crippen LogP contribution < -0.4 is 0 Å². The van der Waals surface area contributed by atoms with Gasteiger partial charge in [0.1, 0.15) is 12.2 Å². The second-order valence-corrected chi connectivity index (χ2v) is 7.57. The van der Waals surface area contributed by atoms with Gasteiger partial charge in [-0.25, -0.2) is 8.37 Å². The van der Waals surface area contributed by atoms with E-state index in [1.54, 1.807) is 0 Å². The second kappa shape index (κ2) is 11.3. The summed E-state index contributed by atoms with van der Waals surface area (Å²) >= 11 is 0. The van der Waals surface area contributed by atoms with E-state index >= 15 is 0 Å². The zero-order valence-electron chi connectivity index (χ0n) is 13.7. The van der Waals surface area contributed by atoms with Crippen molar-refractivity contribution in [2.75, 3.05) is 0 Å². The molecule has 0 saturated heterocycles. The Balaban J connectivity index is 4.90. The third-order valence-electron chi connectivity index (χ3n) is 3.34. The van der Waals surface area contributed by atoms with E-state index in [1.165, 1.54) is 0 Å². The van der Waals surface area contributed by atoms with Gasteiger partial charge < -0.3 is 0 Å². The van der Waals surface area contributed by atoms with E-state index in [9.17, 15) is 16.8 Å². The van der Waals surface area contributed by atoms with Gasteiger partial charge in [0, 0.05) is 0 Å². The maximum absolute atomic E-state index is 11.0. The number of hydrogen-bond acceptors (Lipinski definition) is 6. The topological polar surface area (TPSA) is 127 Å². The van der Waals surface area contributed by atoms with Crippen LogP contribution in [-0.4, -0.2) is 38.1 Å². The molecule has 2 unspecified atom stereocenters. The van der Waals surface area contributed by atoms with Gasteiger partial charge in [0.05, 0.1) is 0 Å². The summed E-state index contributed by atoms with van der Waals surface area (Å²) in [6, 6.07) is 0. The highest BCUT2D eigenvalue weighted by Gasteiger charge is 2.30. The molecular weight excluding hydrogens is 348 g/mol. The van der Waals surface area contributed by atoms with E-state index < -0.39 is 33.0 Å². The second-order valence-electron chi connectivity index (χ2n) is 5.47. The highest BCUT2D eigenvalue weighted by Crippen LogP contribution is 2.21. The fourth-order valence-corrected chi connectivity index (χ4v) is 3.32.